The van der Waals surface area contributed by atoms with E-state index in [-0.39, 0.29) is 17.1 Å². The van der Waals surface area contributed by atoms with Crippen LogP contribution in [0.3, 0.4) is 0 Å². The van der Waals surface area contributed by atoms with Crippen molar-refractivity contribution in [3.8, 4) is 23.0 Å². The molecule has 0 unspecified atom stereocenters. The zero-order chi connectivity index (χ0) is 24.1. The molecule has 4 rings (SSSR count). The van der Waals surface area contributed by atoms with Crippen molar-refractivity contribution < 1.29 is 28.5 Å². The van der Waals surface area contributed by atoms with E-state index in [2.05, 4.69) is 15.9 Å². The maximum atomic E-state index is 12.7. The van der Waals surface area contributed by atoms with Crippen molar-refractivity contribution >= 4 is 38.6 Å². The van der Waals surface area contributed by atoms with E-state index in [4.69, 9.17) is 18.9 Å². The molecule has 0 fully saturated rings. The van der Waals surface area contributed by atoms with Gasteiger partial charge in [-0.15, -0.1) is 0 Å². The number of halogens is 1. The van der Waals surface area contributed by atoms with Gasteiger partial charge in [-0.3, -0.25) is 0 Å². The van der Waals surface area contributed by atoms with Crippen LogP contribution < -0.4 is 18.9 Å². The third-order valence-electron chi connectivity index (χ3n) is 5.00. The summed E-state index contributed by atoms with van der Waals surface area (Å²) in [7, 11) is 1.43. The van der Waals surface area contributed by atoms with Gasteiger partial charge in [0.25, 0.3) is 0 Å². The number of carbonyl (C=O) groups excluding carboxylic acids is 2. The normalized spacial score (nSPS) is 10.6. The van der Waals surface area contributed by atoms with Gasteiger partial charge in [-0.05, 0) is 82.2 Å². The van der Waals surface area contributed by atoms with Crippen molar-refractivity contribution in [1.29, 1.82) is 0 Å². The zero-order valence-electron chi connectivity index (χ0n) is 18.5. The molecule has 0 spiro atoms. The second kappa shape index (κ2) is 10.4. The highest BCUT2D eigenvalue weighted by Gasteiger charge is 2.17. The molecule has 34 heavy (non-hydrogen) atoms. The Morgan fingerprint density at radius 1 is 0.735 bits per heavy atom. The van der Waals surface area contributed by atoms with E-state index in [1.54, 1.807) is 30.3 Å². The van der Waals surface area contributed by atoms with Gasteiger partial charge >= 0.3 is 11.9 Å². The Bertz CT molecular complexity index is 1360. The first-order valence-corrected chi connectivity index (χ1v) is 11.3. The first-order valence-electron chi connectivity index (χ1n) is 10.5. The predicted octanol–water partition coefficient (Wildman–Crippen LogP) is 6.45. The van der Waals surface area contributed by atoms with E-state index in [1.165, 1.54) is 25.3 Å². The lowest BCUT2D eigenvalue weighted by molar-refractivity contribution is 0.0728. The monoisotopic (exact) mass is 520 g/mol. The molecule has 0 aliphatic rings. The number of benzene rings is 4. The summed E-state index contributed by atoms with van der Waals surface area (Å²) >= 11 is 3.39. The van der Waals surface area contributed by atoms with E-state index in [0.29, 0.717) is 28.1 Å². The minimum atomic E-state index is -0.575. The summed E-state index contributed by atoms with van der Waals surface area (Å²) in [5, 5.41) is 2.02. The molecule has 0 aliphatic heterocycles. The number of fused-ring (bicyclic) bond motifs is 1. The molecular formula is C27H21BrO6. The molecule has 0 N–H and O–H groups in total. The summed E-state index contributed by atoms with van der Waals surface area (Å²) in [6.07, 6.45) is 0. The minimum absolute atomic E-state index is 0.180. The summed E-state index contributed by atoms with van der Waals surface area (Å²) in [6.45, 7) is 2.39. The first-order chi connectivity index (χ1) is 16.5. The molecule has 4 aromatic rings. The molecule has 0 aliphatic carbocycles. The van der Waals surface area contributed by atoms with Crippen LogP contribution in [0.4, 0.5) is 0 Å². The second-order valence-corrected chi connectivity index (χ2v) is 8.09. The highest BCUT2D eigenvalue weighted by atomic mass is 79.9. The van der Waals surface area contributed by atoms with Gasteiger partial charge in [-0.25, -0.2) is 9.59 Å². The van der Waals surface area contributed by atoms with Gasteiger partial charge in [0.05, 0.1) is 29.3 Å². The van der Waals surface area contributed by atoms with Gasteiger partial charge in [-0.1, -0.05) is 30.3 Å². The van der Waals surface area contributed by atoms with Crippen LogP contribution in [0.2, 0.25) is 0 Å². The van der Waals surface area contributed by atoms with Crippen molar-refractivity contribution in [1.82, 2.24) is 0 Å². The van der Waals surface area contributed by atoms with Crippen LogP contribution in [0.15, 0.2) is 83.3 Å². The Morgan fingerprint density at radius 2 is 1.41 bits per heavy atom. The minimum Gasteiger partial charge on any atom is -0.493 e. The Kier molecular flexibility index (Phi) is 7.13. The average molecular weight is 521 g/mol. The molecule has 6 nitrogen and oxygen atoms in total. The van der Waals surface area contributed by atoms with Crippen molar-refractivity contribution in [2.45, 2.75) is 6.92 Å². The summed E-state index contributed by atoms with van der Waals surface area (Å²) in [4.78, 5) is 25.3. The fourth-order valence-corrected chi connectivity index (χ4v) is 3.83. The van der Waals surface area contributed by atoms with Crippen LogP contribution in [0.5, 0.6) is 23.0 Å². The standard InChI is InChI=1S/C27H21BrO6/c1-3-32-23-12-9-19(15-22(23)28)27(30)34-24-13-10-20(16-25(24)31-2)26(29)33-21-11-8-17-6-4-5-7-18(17)14-21/h4-16H,3H2,1-2H3. The number of ether oxygens (including phenoxy) is 4. The number of methoxy groups -OCH3 is 1. The summed E-state index contributed by atoms with van der Waals surface area (Å²) in [5.74, 6) is 0.340. The molecule has 7 heteroatoms. The van der Waals surface area contributed by atoms with Gasteiger partial charge in [0.2, 0.25) is 0 Å². The number of hydrogen-bond acceptors (Lipinski definition) is 6. The van der Waals surface area contributed by atoms with Gasteiger partial charge < -0.3 is 18.9 Å². The molecule has 0 bridgehead atoms. The van der Waals surface area contributed by atoms with Crippen molar-refractivity contribution in [3.05, 3.63) is 94.5 Å². The fraction of sp³-hybridized carbons (Fsp3) is 0.111. The van der Waals surface area contributed by atoms with Gasteiger partial charge in [-0.2, -0.15) is 0 Å². The van der Waals surface area contributed by atoms with E-state index < -0.39 is 11.9 Å². The predicted molar refractivity (Wildman–Crippen MR) is 132 cm³/mol. The lowest BCUT2D eigenvalue weighted by Crippen LogP contribution is -2.11. The first kappa shape index (κ1) is 23.3. The lowest BCUT2D eigenvalue weighted by Gasteiger charge is -2.12. The quantitative estimate of drug-likeness (QED) is 0.206. The molecule has 0 heterocycles. The molecule has 0 saturated carbocycles. The van der Waals surface area contributed by atoms with Crippen molar-refractivity contribution in [2.75, 3.05) is 13.7 Å². The highest BCUT2D eigenvalue weighted by Crippen LogP contribution is 2.31. The number of esters is 2. The van der Waals surface area contributed by atoms with Crippen LogP contribution >= 0.6 is 15.9 Å². The fourth-order valence-electron chi connectivity index (χ4n) is 3.33. The van der Waals surface area contributed by atoms with Crippen LogP contribution in [0, 0.1) is 0 Å². The maximum Gasteiger partial charge on any atom is 0.343 e. The zero-order valence-corrected chi connectivity index (χ0v) is 20.1. The topological polar surface area (TPSA) is 71.1 Å². The number of carbonyl (C=O) groups is 2. The summed E-state index contributed by atoms with van der Waals surface area (Å²) in [5.41, 5.74) is 0.589. The maximum absolute atomic E-state index is 12.7. The van der Waals surface area contributed by atoms with Crippen LogP contribution in [0.25, 0.3) is 10.8 Å². The molecule has 172 valence electrons. The third-order valence-corrected chi connectivity index (χ3v) is 5.62. The Morgan fingerprint density at radius 3 is 2.12 bits per heavy atom. The largest absolute Gasteiger partial charge is 0.493 e. The van der Waals surface area contributed by atoms with Crippen LogP contribution in [-0.2, 0) is 0 Å². The van der Waals surface area contributed by atoms with E-state index >= 15 is 0 Å². The smallest absolute Gasteiger partial charge is 0.343 e. The van der Waals surface area contributed by atoms with Gasteiger partial charge in [0.15, 0.2) is 11.5 Å². The summed E-state index contributed by atoms with van der Waals surface area (Å²) < 4.78 is 22.5. The molecule has 0 saturated heterocycles. The van der Waals surface area contributed by atoms with Gasteiger partial charge in [0.1, 0.15) is 11.5 Å². The molecule has 4 aromatic carbocycles. The number of rotatable bonds is 7. The van der Waals surface area contributed by atoms with Crippen LogP contribution in [0.1, 0.15) is 27.6 Å². The Balaban J connectivity index is 1.49. The SMILES string of the molecule is CCOc1ccc(C(=O)Oc2ccc(C(=O)Oc3ccc4ccccc4c3)cc2OC)cc1Br. The van der Waals surface area contributed by atoms with Crippen LogP contribution in [-0.4, -0.2) is 25.7 Å². The summed E-state index contributed by atoms with van der Waals surface area (Å²) in [6, 6.07) is 22.6. The Hall–Kier alpha value is -3.84. The molecule has 0 radical (unpaired) electrons. The van der Waals surface area contributed by atoms with E-state index in [0.717, 1.165) is 10.8 Å². The molecular weight excluding hydrogens is 500 g/mol. The third kappa shape index (κ3) is 5.21. The second-order valence-electron chi connectivity index (χ2n) is 7.23. The van der Waals surface area contributed by atoms with Crippen molar-refractivity contribution in [2.24, 2.45) is 0 Å². The van der Waals surface area contributed by atoms with Gasteiger partial charge in [0, 0.05) is 0 Å². The lowest BCUT2D eigenvalue weighted by atomic mass is 10.1. The van der Waals surface area contributed by atoms with E-state index in [9.17, 15) is 9.59 Å². The molecule has 0 aromatic heterocycles. The van der Waals surface area contributed by atoms with E-state index in [1.807, 2.05) is 37.3 Å². The van der Waals surface area contributed by atoms with Crippen molar-refractivity contribution in [3.63, 3.8) is 0 Å². The molecule has 0 atom stereocenters. The number of hydrogen-bond donors (Lipinski definition) is 0. The highest BCUT2D eigenvalue weighted by molar-refractivity contribution is 9.10. The average Bonchev–Trinajstić information content (AvgIpc) is 2.85. The Labute approximate surface area is 205 Å². The molecule has 0 amide bonds.